The predicted octanol–water partition coefficient (Wildman–Crippen LogP) is 3.67. The maximum atomic E-state index is 5.48. The van der Waals surface area contributed by atoms with Crippen LogP contribution in [0.4, 0.5) is 0 Å². The largest absolute Gasteiger partial charge is 0.497 e. The molecule has 0 saturated carbocycles. The average Bonchev–Trinajstić information content (AvgIpc) is 3.10. The van der Waals surface area contributed by atoms with Crippen molar-refractivity contribution in [2.45, 2.75) is 25.9 Å². The average molecular weight is 329 g/mol. The van der Waals surface area contributed by atoms with Crippen molar-refractivity contribution in [2.75, 3.05) is 21.0 Å². The van der Waals surface area contributed by atoms with Crippen molar-refractivity contribution >= 4 is 0 Å². The van der Waals surface area contributed by atoms with Gasteiger partial charge < -0.3 is 24.3 Å². The molecule has 0 radical (unpaired) electrons. The van der Waals surface area contributed by atoms with Gasteiger partial charge in [0, 0.05) is 12.6 Å². The molecule has 1 N–H and O–H groups in total. The van der Waals surface area contributed by atoms with Crippen LogP contribution in [0.5, 0.6) is 23.0 Å². The molecular formula is C19H23NO4. The molecule has 0 fully saturated rings. The van der Waals surface area contributed by atoms with Crippen LogP contribution < -0.4 is 24.3 Å². The van der Waals surface area contributed by atoms with Gasteiger partial charge in [0.2, 0.25) is 12.5 Å². The number of hydrogen-bond donors (Lipinski definition) is 1. The molecule has 1 atom stereocenters. The summed E-state index contributed by atoms with van der Waals surface area (Å²) in [5.74, 6) is 3.00. The topological polar surface area (TPSA) is 49.0 Å². The Hall–Kier alpha value is -2.40. The fourth-order valence-corrected chi connectivity index (χ4v) is 2.86. The predicted molar refractivity (Wildman–Crippen MR) is 92.0 cm³/mol. The van der Waals surface area contributed by atoms with Crippen LogP contribution >= 0.6 is 0 Å². The van der Waals surface area contributed by atoms with E-state index < -0.39 is 0 Å². The molecule has 0 saturated heterocycles. The fourth-order valence-electron chi connectivity index (χ4n) is 2.86. The van der Waals surface area contributed by atoms with Gasteiger partial charge in [-0.05, 0) is 41.8 Å². The quantitative estimate of drug-likeness (QED) is 0.840. The number of nitrogens with one attached hydrogen (secondary N) is 1. The number of methoxy groups -OCH3 is 2. The Balaban J connectivity index is 1.71. The third kappa shape index (κ3) is 3.41. The summed E-state index contributed by atoms with van der Waals surface area (Å²) in [5.41, 5.74) is 2.34. The summed E-state index contributed by atoms with van der Waals surface area (Å²) >= 11 is 0. The van der Waals surface area contributed by atoms with Gasteiger partial charge in [0.05, 0.1) is 14.2 Å². The fraction of sp³-hybridized carbons (Fsp3) is 0.368. The maximum Gasteiger partial charge on any atom is 0.231 e. The highest BCUT2D eigenvalue weighted by molar-refractivity contribution is 5.55. The second kappa shape index (κ2) is 7.45. The van der Waals surface area contributed by atoms with Crippen molar-refractivity contribution < 1.29 is 18.9 Å². The van der Waals surface area contributed by atoms with Crippen LogP contribution in [-0.2, 0) is 6.54 Å². The van der Waals surface area contributed by atoms with Crippen LogP contribution in [0.15, 0.2) is 36.4 Å². The third-order valence-corrected chi connectivity index (χ3v) is 4.20. The first kappa shape index (κ1) is 16.5. The molecule has 2 aromatic rings. The second-order valence-corrected chi connectivity index (χ2v) is 5.65. The molecule has 5 nitrogen and oxygen atoms in total. The van der Waals surface area contributed by atoms with E-state index in [1.165, 1.54) is 5.56 Å². The highest BCUT2D eigenvalue weighted by atomic mass is 16.7. The summed E-state index contributed by atoms with van der Waals surface area (Å²) in [6, 6.07) is 12.4. The highest BCUT2D eigenvalue weighted by Gasteiger charge is 2.20. The van der Waals surface area contributed by atoms with E-state index in [9.17, 15) is 0 Å². The molecule has 0 bridgehead atoms. The van der Waals surface area contributed by atoms with E-state index in [0.29, 0.717) is 11.5 Å². The van der Waals surface area contributed by atoms with E-state index >= 15 is 0 Å². The molecule has 5 heteroatoms. The minimum atomic E-state index is 0.242. The molecule has 0 aromatic heterocycles. The Morgan fingerprint density at radius 2 is 1.88 bits per heavy atom. The number of benzene rings is 2. The molecule has 0 spiro atoms. The Kier molecular flexibility index (Phi) is 5.11. The molecule has 0 aliphatic carbocycles. The van der Waals surface area contributed by atoms with E-state index in [-0.39, 0.29) is 12.8 Å². The lowest BCUT2D eigenvalue weighted by molar-refractivity contribution is 0.171. The van der Waals surface area contributed by atoms with Crippen LogP contribution in [0.1, 0.15) is 30.5 Å². The zero-order valence-corrected chi connectivity index (χ0v) is 14.3. The monoisotopic (exact) mass is 329 g/mol. The van der Waals surface area contributed by atoms with Crippen LogP contribution in [0.25, 0.3) is 0 Å². The number of rotatable bonds is 7. The molecule has 24 heavy (non-hydrogen) atoms. The summed E-state index contributed by atoms with van der Waals surface area (Å²) in [6.45, 7) is 3.13. The molecule has 128 valence electrons. The number of hydrogen-bond acceptors (Lipinski definition) is 5. The molecule has 3 rings (SSSR count). The Morgan fingerprint density at radius 3 is 2.54 bits per heavy atom. The van der Waals surface area contributed by atoms with E-state index in [1.807, 2.05) is 24.3 Å². The minimum Gasteiger partial charge on any atom is -0.497 e. The molecule has 1 heterocycles. The van der Waals surface area contributed by atoms with Crippen LogP contribution in [-0.4, -0.2) is 21.0 Å². The van der Waals surface area contributed by atoms with E-state index in [1.54, 1.807) is 14.2 Å². The first-order valence-corrected chi connectivity index (χ1v) is 8.09. The molecule has 1 aliphatic heterocycles. The summed E-state index contributed by atoms with van der Waals surface area (Å²) in [6.07, 6.45) is 0.994. The Bertz CT molecular complexity index is 685. The van der Waals surface area contributed by atoms with Gasteiger partial charge >= 0.3 is 0 Å². The van der Waals surface area contributed by atoms with Gasteiger partial charge in [-0.2, -0.15) is 0 Å². The van der Waals surface area contributed by atoms with Crippen molar-refractivity contribution in [3.8, 4) is 23.0 Å². The first-order chi connectivity index (χ1) is 11.7. The van der Waals surface area contributed by atoms with Crippen LogP contribution in [0.2, 0.25) is 0 Å². The zero-order chi connectivity index (χ0) is 16.9. The van der Waals surface area contributed by atoms with Crippen LogP contribution in [0.3, 0.4) is 0 Å². The molecule has 2 aromatic carbocycles. The Labute approximate surface area is 142 Å². The van der Waals surface area contributed by atoms with Crippen molar-refractivity contribution in [1.29, 1.82) is 0 Å². The molecule has 1 unspecified atom stereocenters. The normalized spacial score (nSPS) is 13.6. The van der Waals surface area contributed by atoms with E-state index in [0.717, 1.165) is 30.0 Å². The smallest absolute Gasteiger partial charge is 0.231 e. The Morgan fingerprint density at radius 1 is 1.08 bits per heavy atom. The van der Waals surface area contributed by atoms with Crippen molar-refractivity contribution in [2.24, 2.45) is 0 Å². The zero-order valence-electron chi connectivity index (χ0n) is 14.3. The van der Waals surface area contributed by atoms with Gasteiger partial charge in [-0.1, -0.05) is 19.1 Å². The summed E-state index contributed by atoms with van der Waals surface area (Å²) in [7, 11) is 3.32. The standard InChI is InChI=1S/C19H23NO4/c1-4-16(14-5-7-15(21-2)8-6-14)20-11-13-9-17(22-3)19-18(10-13)23-12-24-19/h5-10,16,20H,4,11-12H2,1-3H3. The lowest BCUT2D eigenvalue weighted by Crippen LogP contribution is -2.20. The minimum absolute atomic E-state index is 0.242. The SMILES string of the molecule is CCC(NCc1cc(OC)c2c(c1)OCO2)c1ccc(OC)cc1. The van der Waals surface area contributed by atoms with Crippen molar-refractivity contribution in [1.82, 2.24) is 5.32 Å². The summed E-state index contributed by atoms with van der Waals surface area (Å²) in [4.78, 5) is 0. The third-order valence-electron chi connectivity index (χ3n) is 4.20. The van der Waals surface area contributed by atoms with Gasteiger partial charge in [0.15, 0.2) is 11.5 Å². The summed E-state index contributed by atoms with van der Waals surface area (Å²) in [5, 5.41) is 3.59. The van der Waals surface area contributed by atoms with Crippen LogP contribution in [0, 0.1) is 0 Å². The van der Waals surface area contributed by atoms with Gasteiger partial charge in [-0.3, -0.25) is 0 Å². The first-order valence-electron chi connectivity index (χ1n) is 8.09. The van der Waals surface area contributed by atoms with Crippen molar-refractivity contribution in [3.05, 3.63) is 47.5 Å². The van der Waals surface area contributed by atoms with Crippen molar-refractivity contribution in [3.63, 3.8) is 0 Å². The molecule has 1 aliphatic rings. The second-order valence-electron chi connectivity index (χ2n) is 5.65. The molecule has 0 amide bonds. The van der Waals surface area contributed by atoms with E-state index in [2.05, 4.69) is 24.4 Å². The van der Waals surface area contributed by atoms with E-state index in [4.69, 9.17) is 18.9 Å². The number of fused-ring (bicyclic) bond motifs is 1. The highest BCUT2D eigenvalue weighted by Crippen LogP contribution is 2.41. The molecular weight excluding hydrogens is 306 g/mol. The van der Waals surface area contributed by atoms with Gasteiger partial charge in [-0.15, -0.1) is 0 Å². The van der Waals surface area contributed by atoms with Gasteiger partial charge in [0.1, 0.15) is 5.75 Å². The lowest BCUT2D eigenvalue weighted by atomic mass is 10.0. The lowest BCUT2D eigenvalue weighted by Gasteiger charge is -2.18. The van der Waals surface area contributed by atoms with Gasteiger partial charge in [0.25, 0.3) is 0 Å². The maximum absolute atomic E-state index is 5.48. The number of ether oxygens (including phenoxy) is 4. The van der Waals surface area contributed by atoms with Gasteiger partial charge in [-0.25, -0.2) is 0 Å². The summed E-state index contributed by atoms with van der Waals surface area (Å²) < 4.78 is 21.5.